The minimum Gasteiger partial charge on any atom is -0.478 e. The molecule has 0 aliphatic carbocycles. The first-order valence-corrected chi connectivity index (χ1v) is 7.21. The maximum absolute atomic E-state index is 11.9. The summed E-state index contributed by atoms with van der Waals surface area (Å²) < 4.78 is 30.5. The van der Waals surface area contributed by atoms with Crippen LogP contribution in [0.4, 0.5) is 0 Å². The average Bonchev–Trinajstić information content (AvgIpc) is 2.72. The Morgan fingerprint density at radius 1 is 1.45 bits per heavy atom. The Morgan fingerprint density at radius 2 is 2.10 bits per heavy atom. The molecule has 1 heterocycles. The monoisotopic (exact) mass is 305 g/mol. The number of carbonyl (C=O) groups excluding carboxylic acids is 1. The molecule has 0 fully saturated rings. The van der Waals surface area contributed by atoms with E-state index in [9.17, 15) is 18.0 Å². The molecule has 0 saturated heterocycles. The number of nitrogens with one attached hydrogen (secondary N) is 2. The molecule has 0 amide bonds. The van der Waals surface area contributed by atoms with E-state index in [2.05, 4.69) is 19.7 Å². The summed E-state index contributed by atoms with van der Waals surface area (Å²) in [6.45, 7) is 3.03. The van der Waals surface area contributed by atoms with Crippen molar-refractivity contribution < 1.29 is 27.9 Å². The van der Waals surface area contributed by atoms with Crippen LogP contribution < -0.4 is 4.72 Å². The molecule has 9 nitrogen and oxygen atoms in total. The van der Waals surface area contributed by atoms with Gasteiger partial charge in [0.05, 0.1) is 13.0 Å². The fourth-order valence-electron chi connectivity index (χ4n) is 1.44. The van der Waals surface area contributed by atoms with E-state index in [-0.39, 0.29) is 25.3 Å². The minimum atomic E-state index is -4.11. The van der Waals surface area contributed by atoms with E-state index in [0.717, 1.165) is 0 Å². The third-order valence-corrected chi connectivity index (χ3v) is 3.70. The number of aromatic amines is 1. The summed E-state index contributed by atoms with van der Waals surface area (Å²) in [5.74, 6) is -1.95. The largest absolute Gasteiger partial charge is 0.478 e. The second-order valence-corrected chi connectivity index (χ2v) is 5.47. The summed E-state index contributed by atoms with van der Waals surface area (Å²) in [7, 11) is -4.11. The number of hydrogen-bond acceptors (Lipinski definition) is 6. The molecule has 3 N–H and O–H groups in total. The number of esters is 1. The first-order valence-electron chi connectivity index (χ1n) is 5.73. The number of ether oxygens (including phenoxy) is 1. The Balaban J connectivity index is 2.80. The number of aromatic carboxylic acids is 1. The summed E-state index contributed by atoms with van der Waals surface area (Å²) in [4.78, 5) is 22.1. The van der Waals surface area contributed by atoms with Crippen LogP contribution in [0, 0.1) is 6.92 Å². The van der Waals surface area contributed by atoms with Gasteiger partial charge in [-0.05, 0) is 13.8 Å². The van der Waals surface area contributed by atoms with Crippen LogP contribution in [0.25, 0.3) is 0 Å². The Morgan fingerprint density at radius 3 is 2.65 bits per heavy atom. The van der Waals surface area contributed by atoms with E-state index in [0.29, 0.717) is 0 Å². The molecule has 0 aliphatic rings. The van der Waals surface area contributed by atoms with Gasteiger partial charge in [-0.3, -0.25) is 9.89 Å². The van der Waals surface area contributed by atoms with E-state index in [1.54, 1.807) is 6.92 Å². The van der Waals surface area contributed by atoms with Gasteiger partial charge in [-0.2, -0.15) is 5.10 Å². The van der Waals surface area contributed by atoms with E-state index in [4.69, 9.17) is 5.11 Å². The van der Waals surface area contributed by atoms with Gasteiger partial charge in [-0.15, -0.1) is 0 Å². The lowest BCUT2D eigenvalue weighted by molar-refractivity contribution is -0.142. The van der Waals surface area contributed by atoms with Crippen LogP contribution in [-0.4, -0.2) is 48.8 Å². The molecular formula is C10H15N3O6S. The molecule has 0 radical (unpaired) electrons. The molecule has 1 aromatic heterocycles. The fraction of sp³-hybridized carbons (Fsp3) is 0.500. The lowest BCUT2D eigenvalue weighted by Gasteiger charge is -2.05. The first-order chi connectivity index (χ1) is 9.29. The normalized spacial score (nSPS) is 11.3. The molecule has 0 aromatic carbocycles. The van der Waals surface area contributed by atoms with Crippen LogP contribution in [0.3, 0.4) is 0 Å². The predicted octanol–water partition coefficient (Wildman–Crippen LogP) is -0.352. The van der Waals surface area contributed by atoms with Crippen LogP contribution in [0.5, 0.6) is 0 Å². The van der Waals surface area contributed by atoms with Crippen LogP contribution in [-0.2, 0) is 19.6 Å². The van der Waals surface area contributed by atoms with Gasteiger partial charge in [-0.25, -0.2) is 17.9 Å². The Hall–Kier alpha value is -1.94. The quantitative estimate of drug-likeness (QED) is 0.585. The highest BCUT2D eigenvalue weighted by Crippen LogP contribution is 2.15. The highest BCUT2D eigenvalue weighted by molar-refractivity contribution is 7.89. The van der Waals surface area contributed by atoms with Crippen molar-refractivity contribution in [3.05, 3.63) is 11.3 Å². The standard InChI is InChI=1S/C10H15N3O6S/c1-3-19-7(14)4-5-11-20(17,18)9-8(10(15)16)6(2)12-13-9/h11H,3-5H2,1-2H3,(H,12,13)(H,15,16). The van der Waals surface area contributed by atoms with Gasteiger partial charge in [0.1, 0.15) is 5.56 Å². The number of H-pyrrole nitrogens is 1. The first kappa shape index (κ1) is 16.1. The van der Waals surface area contributed by atoms with Gasteiger partial charge >= 0.3 is 11.9 Å². The smallest absolute Gasteiger partial charge is 0.340 e. The second-order valence-electron chi connectivity index (χ2n) is 3.79. The Bertz CT molecular complexity index is 607. The number of rotatable bonds is 7. The number of carboxylic acid groups (broad SMARTS) is 1. The predicted molar refractivity (Wildman–Crippen MR) is 66.7 cm³/mol. The van der Waals surface area contributed by atoms with Gasteiger partial charge in [0.25, 0.3) is 10.0 Å². The zero-order valence-corrected chi connectivity index (χ0v) is 11.8. The Kier molecular flexibility index (Phi) is 5.22. The second kappa shape index (κ2) is 6.48. The van der Waals surface area contributed by atoms with Crippen molar-refractivity contribution in [3.63, 3.8) is 0 Å². The topological polar surface area (TPSA) is 138 Å². The highest BCUT2D eigenvalue weighted by atomic mass is 32.2. The molecule has 112 valence electrons. The van der Waals surface area contributed by atoms with Gasteiger partial charge in [0.15, 0.2) is 0 Å². The van der Waals surface area contributed by atoms with Crippen molar-refractivity contribution in [1.82, 2.24) is 14.9 Å². The van der Waals surface area contributed by atoms with E-state index < -0.39 is 32.6 Å². The lowest BCUT2D eigenvalue weighted by Crippen LogP contribution is -2.28. The van der Waals surface area contributed by atoms with Crippen LogP contribution >= 0.6 is 0 Å². The van der Waals surface area contributed by atoms with Crippen molar-refractivity contribution in [3.8, 4) is 0 Å². The number of sulfonamides is 1. The molecule has 0 unspecified atom stereocenters. The molecule has 0 bridgehead atoms. The third kappa shape index (κ3) is 3.78. The number of carboxylic acids is 1. The van der Waals surface area contributed by atoms with Crippen LogP contribution in [0.1, 0.15) is 29.4 Å². The van der Waals surface area contributed by atoms with Crippen molar-refractivity contribution >= 4 is 22.0 Å². The molecule has 10 heteroatoms. The van der Waals surface area contributed by atoms with Gasteiger partial charge < -0.3 is 9.84 Å². The number of aryl methyl sites for hydroxylation is 1. The summed E-state index contributed by atoms with van der Waals surface area (Å²) >= 11 is 0. The summed E-state index contributed by atoms with van der Waals surface area (Å²) in [5, 5.41) is 14.1. The zero-order valence-electron chi connectivity index (χ0n) is 11.0. The maximum atomic E-state index is 11.9. The third-order valence-electron chi connectivity index (χ3n) is 2.31. The average molecular weight is 305 g/mol. The number of nitrogens with zero attached hydrogens (tertiary/aromatic N) is 1. The molecule has 1 rings (SSSR count). The van der Waals surface area contributed by atoms with Crippen LogP contribution in [0.2, 0.25) is 0 Å². The number of aromatic nitrogens is 2. The summed E-state index contributed by atoms with van der Waals surface area (Å²) in [6.07, 6.45) is -0.154. The molecule has 1 aromatic rings. The summed E-state index contributed by atoms with van der Waals surface area (Å²) in [6, 6.07) is 0. The lowest BCUT2D eigenvalue weighted by atomic mass is 10.3. The molecule has 0 aliphatic heterocycles. The molecule has 20 heavy (non-hydrogen) atoms. The number of hydrogen-bond donors (Lipinski definition) is 3. The van der Waals surface area contributed by atoms with E-state index in [1.807, 2.05) is 0 Å². The van der Waals surface area contributed by atoms with Crippen molar-refractivity contribution in [2.45, 2.75) is 25.3 Å². The van der Waals surface area contributed by atoms with Crippen molar-refractivity contribution in [2.24, 2.45) is 0 Å². The fourth-order valence-corrected chi connectivity index (χ4v) is 2.62. The van der Waals surface area contributed by atoms with E-state index in [1.165, 1.54) is 6.92 Å². The van der Waals surface area contributed by atoms with E-state index >= 15 is 0 Å². The van der Waals surface area contributed by atoms with Gasteiger partial charge in [-0.1, -0.05) is 0 Å². The van der Waals surface area contributed by atoms with Crippen molar-refractivity contribution in [1.29, 1.82) is 0 Å². The van der Waals surface area contributed by atoms with Gasteiger partial charge in [0.2, 0.25) is 5.03 Å². The van der Waals surface area contributed by atoms with Crippen molar-refractivity contribution in [2.75, 3.05) is 13.2 Å². The SMILES string of the molecule is CCOC(=O)CCNS(=O)(=O)c1n[nH]c(C)c1C(=O)O. The van der Waals surface area contributed by atoms with Gasteiger partial charge in [0, 0.05) is 12.2 Å². The Labute approximate surface area is 115 Å². The summed E-state index contributed by atoms with van der Waals surface area (Å²) in [5.41, 5.74) is -0.295. The molecule has 0 saturated carbocycles. The highest BCUT2D eigenvalue weighted by Gasteiger charge is 2.27. The molecule has 0 spiro atoms. The maximum Gasteiger partial charge on any atom is 0.340 e. The zero-order chi connectivity index (χ0) is 15.3. The number of carbonyl (C=O) groups is 2. The molecule has 0 atom stereocenters. The minimum absolute atomic E-state index is 0.128. The van der Waals surface area contributed by atoms with Crippen LogP contribution in [0.15, 0.2) is 5.03 Å². The molecular weight excluding hydrogens is 290 g/mol.